The third-order valence-electron chi connectivity index (χ3n) is 8.52. The van der Waals surface area contributed by atoms with E-state index < -0.39 is 69.6 Å². The van der Waals surface area contributed by atoms with Crippen molar-refractivity contribution in [2.24, 2.45) is 28.3 Å². The van der Waals surface area contributed by atoms with Crippen molar-refractivity contribution in [1.29, 1.82) is 0 Å². The number of carbonyl (C=O) groups excluding carboxylic acids is 3. The highest BCUT2D eigenvalue weighted by atomic mass is 19.1. The van der Waals surface area contributed by atoms with Gasteiger partial charge in [0, 0.05) is 37.0 Å². The highest BCUT2D eigenvalue weighted by Gasteiger charge is 2.64. The first-order valence-electron chi connectivity index (χ1n) is 13.7. The second-order valence-corrected chi connectivity index (χ2v) is 11.6. The van der Waals surface area contributed by atoms with Crippen LogP contribution in [0.15, 0.2) is 52.2 Å². The third-order valence-corrected chi connectivity index (χ3v) is 8.52. The molecule has 0 unspecified atom stereocenters. The Labute approximate surface area is 251 Å². The number of nitrogens with one attached hydrogen (secondary N) is 1. The monoisotopic (exact) mass is 608 g/mol. The zero-order chi connectivity index (χ0) is 32.4. The second kappa shape index (κ2) is 10.6. The molecule has 1 amide bonds. The number of aliphatic hydroxyl groups excluding tert-OH is 2. The summed E-state index contributed by atoms with van der Waals surface area (Å²) in [6.07, 6.45) is 0.0801. The van der Waals surface area contributed by atoms with Crippen LogP contribution in [-0.2, 0) is 20.8 Å². The van der Waals surface area contributed by atoms with Gasteiger partial charge < -0.3 is 42.1 Å². The molecule has 14 heteroatoms. The molecule has 3 aliphatic carbocycles. The van der Waals surface area contributed by atoms with Crippen molar-refractivity contribution in [3.63, 3.8) is 0 Å². The van der Waals surface area contributed by atoms with Crippen LogP contribution in [0.1, 0.15) is 17.5 Å². The Balaban J connectivity index is 1.68. The van der Waals surface area contributed by atoms with Gasteiger partial charge in [0.05, 0.1) is 11.6 Å². The molecule has 1 fully saturated rings. The normalized spacial score (nSPS) is 25.1. The van der Waals surface area contributed by atoms with Gasteiger partial charge in [-0.25, -0.2) is 9.38 Å². The largest absolute Gasteiger partial charge is 0.508 e. The number of guanidine groups is 1. The molecule has 0 spiro atoms. The summed E-state index contributed by atoms with van der Waals surface area (Å²) in [7, 11) is 6.54. The molecule has 44 heavy (non-hydrogen) atoms. The van der Waals surface area contributed by atoms with E-state index in [9.17, 15) is 39.2 Å². The van der Waals surface area contributed by atoms with Gasteiger partial charge in [0.1, 0.15) is 28.6 Å². The minimum atomic E-state index is -2.75. The number of likely N-dealkylation sites (N-methyl/N-ethyl adjacent to an activating group) is 1. The molecule has 2 aromatic carbocycles. The first kappa shape index (κ1) is 30.5. The lowest BCUT2D eigenvalue weighted by molar-refractivity contribution is -0.153. The van der Waals surface area contributed by atoms with E-state index in [0.717, 1.165) is 0 Å². The van der Waals surface area contributed by atoms with Gasteiger partial charge in [-0.15, -0.1) is 0 Å². The number of carbonyl (C=O) groups is 3. The number of ketones is 2. The molecular formula is C30H33FN6O7. The molecule has 0 saturated heterocycles. The number of benzene rings is 2. The molecule has 0 radical (unpaired) electrons. The number of nitrogens with two attached hydrogens (primary N) is 2. The van der Waals surface area contributed by atoms with E-state index in [-0.39, 0.29) is 35.6 Å². The van der Waals surface area contributed by atoms with Gasteiger partial charge in [-0.3, -0.25) is 19.3 Å². The van der Waals surface area contributed by atoms with Gasteiger partial charge in [-0.05, 0) is 68.8 Å². The number of hydrogen-bond acceptors (Lipinski definition) is 10. The smallest absolute Gasteiger partial charge is 0.255 e. The second-order valence-electron chi connectivity index (χ2n) is 11.6. The lowest BCUT2D eigenvalue weighted by Crippen LogP contribution is -2.65. The number of nitrogens with zero attached hydrogens (tertiary/aromatic N) is 3. The Kier molecular flexibility index (Phi) is 7.38. The topological polar surface area (TPSA) is 215 Å². The lowest BCUT2D eigenvalue weighted by Gasteiger charge is -2.50. The number of Topliss-reactive ketones (excluding diaryl/α,β-unsaturated/α-hetero) is 2. The van der Waals surface area contributed by atoms with E-state index in [4.69, 9.17) is 11.5 Å². The Morgan fingerprint density at radius 2 is 1.73 bits per heavy atom. The first-order chi connectivity index (χ1) is 20.6. The van der Waals surface area contributed by atoms with Gasteiger partial charge in [0.25, 0.3) is 5.91 Å². The summed E-state index contributed by atoms with van der Waals surface area (Å²) in [5.41, 5.74) is 8.76. The highest BCUT2D eigenvalue weighted by molar-refractivity contribution is 6.24. The fraction of sp³-hybridized carbons (Fsp3) is 0.333. The molecule has 232 valence electrons. The Morgan fingerprint density at radius 3 is 2.30 bits per heavy atom. The van der Waals surface area contributed by atoms with Crippen LogP contribution in [0.25, 0.3) is 5.76 Å². The van der Waals surface area contributed by atoms with E-state index >= 15 is 0 Å². The van der Waals surface area contributed by atoms with Gasteiger partial charge in [-0.2, -0.15) is 0 Å². The summed E-state index contributed by atoms with van der Waals surface area (Å²) in [5.74, 6) is -8.09. The van der Waals surface area contributed by atoms with E-state index in [1.54, 1.807) is 25.1 Å². The number of rotatable bonds is 5. The van der Waals surface area contributed by atoms with Gasteiger partial charge in [0.15, 0.2) is 23.1 Å². The number of fused-ring (bicyclic) bond motifs is 3. The van der Waals surface area contributed by atoms with Crippen molar-refractivity contribution < 1.29 is 39.2 Å². The van der Waals surface area contributed by atoms with Crippen molar-refractivity contribution in [2.45, 2.75) is 24.5 Å². The maximum Gasteiger partial charge on any atom is 0.255 e. The average Bonchev–Trinajstić information content (AvgIpc) is 2.93. The van der Waals surface area contributed by atoms with Crippen LogP contribution in [0.3, 0.4) is 0 Å². The molecule has 0 bridgehead atoms. The fourth-order valence-electron chi connectivity index (χ4n) is 6.60. The van der Waals surface area contributed by atoms with Crippen LogP contribution >= 0.6 is 0 Å². The number of halogens is 1. The molecule has 0 heterocycles. The number of aliphatic imine (C=N–C) groups is 1. The predicted octanol–water partition coefficient (Wildman–Crippen LogP) is 1.23. The zero-order valence-corrected chi connectivity index (χ0v) is 24.4. The lowest BCUT2D eigenvalue weighted by atomic mass is 9.57. The number of aliphatic hydroxyl groups is 3. The summed E-state index contributed by atoms with van der Waals surface area (Å²) < 4.78 is 13.3. The third kappa shape index (κ3) is 4.53. The Hall–Kier alpha value is -4.95. The molecule has 4 atom stereocenters. The Bertz CT molecular complexity index is 1700. The number of phenols is 1. The van der Waals surface area contributed by atoms with E-state index in [1.807, 2.05) is 0 Å². The van der Waals surface area contributed by atoms with Crippen molar-refractivity contribution >= 4 is 46.3 Å². The standard InChI is InChI=1S/C30H33FN6O7/c1-36(2)18-11-17(35-29(33)34-14-7-5-13(31)6-8-14)23(38)20-15(18)9-12-10-16-22(37(3)4)25(40)21(28(32)43)27(42)30(16,44)26(41)19(12)24(20)39/h5-8,11-12,16,22,38-39,42,44H,9-10H2,1-4H3,(H2,32,43)(H3,33,34,35)/t12-,16-,22+,30-/m0/s1. The molecule has 13 nitrogen and oxygen atoms in total. The average molecular weight is 609 g/mol. The fourth-order valence-corrected chi connectivity index (χ4v) is 6.60. The van der Waals surface area contributed by atoms with E-state index in [1.165, 1.54) is 43.3 Å². The predicted molar refractivity (Wildman–Crippen MR) is 160 cm³/mol. The molecule has 0 aliphatic heterocycles. The van der Waals surface area contributed by atoms with E-state index in [0.29, 0.717) is 16.9 Å². The number of phenolic OH excluding ortho intramolecular Hbond substituents is 1. The number of amides is 1. The van der Waals surface area contributed by atoms with Crippen LogP contribution in [0.2, 0.25) is 0 Å². The van der Waals surface area contributed by atoms with Crippen LogP contribution in [-0.4, -0.2) is 88.6 Å². The summed E-state index contributed by atoms with van der Waals surface area (Å²) in [5, 5.41) is 48.5. The molecule has 1 saturated carbocycles. The summed E-state index contributed by atoms with van der Waals surface area (Å²) >= 11 is 0. The highest BCUT2D eigenvalue weighted by Crippen LogP contribution is 2.54. The van der Waals surface area contributed by atoms with Gasteiger partial charge in [-0.1, -0.05) is 0 Å². The first-order valence-corrected chi connectivity index (χ1v) is 13.7. The SMILES string of the molecule is CN(C)c1cc(N=C(N)Nc2ccc(F)cc2)c(O)c2c1C[C@H]1C[C@H]3[C@@H](N(C)C)C(=O)C(C(N)=O)=C(O)[C@@]3(O)C(=O)C1=C2O. The van der Waals surface area contributed by atoms with E-state index in [2.05, 4.69) is 10.3 Å². The molecule has 2 aromatic rings. The summed E-state index contributed by atoms with van der Waals surface area (Å²) in [6, 6.07) is 5.69. The number of hydrogen-bond donors (Lipinski definition) is 7. The van der Waals surface area contributed by atoms with Crippen molar-refractivity contribution in [3.8, 4) is 5.75 Å². The van der Waals surface area contributed by atoms with Gasteiger partial charge >= 0.3 is 0 Å². The van der Waals surface area contributed by atoms with Crippen LogP contribution in [0, 0.1) is 17.7 Å². The quantitative estimate of drug-likeness (QED) is 0.146. The van der Waals surface area contributed by atoms with Crippen LogP contribution in [0.5, 0.6) is 5.75 Å². The van der Waals surface area contributed by atoms with Crippen LogP contribution in [0.4, 0.5) is 21.5 Å². The molecule has 3 aliphatic rings. The molecule has 5 rings (SSSR count). The molecule has 9 N–H and O–H groups in total. The maximum absolute atomic E-state index is 14.1. The maximum atomic E-state index is 14.1. The van der Waals surface area contributed by atoms with Gasteiger partial charge in [0.2, 0.25) is 5.78 Å². The minimum absolute atomic E-state index is 0.0339. The summed E-state index contributed by atoms with van der Waals surface area (Å²) in [6.45, 7) is 0. The van der Waals surface area contributed by atoms with Crippen molar-refractivity contribution in [1.82, 2.24) is 4.90 Å². The zero-order valence-electron chi connectivity index (χ0n) is 24.4. The van der Waals surface area contributed by atoms with Crippen LogP contribution < -0.4 is 21.7 Å². The molecular weight excluding hydrogens is 575 g/mol. The number of aromatic hydroxyl groups is 1. The van der Waals surface area contributed by atoms with Crippen molar-refractivity contribution in [2.75, 3.05) is 38.4 Å². The Morgan fingerprint density at radius 1 is 1.09 bits per heavy atom. The molecule has 0 aromatic heterocycles. The number of anilines is 2. The number of primary amides is 1. The summed E-state index contributed by atoms with van der Waals surface area (Å²) in [4.78, 5) is 46.9. The van der Waals surface area contributed by atoms with Crippen molar-refractivity contribution in [3.05, 3.63) is 64.2 Å². The minimum Gasteiger partial charge on any atom is -0.508 e.